The monoisotopic (exact) mass is 321 g/mol. The summed E-state index contributed by atoms with van der Waals surface area (Å²) in [6, 6.07) is 3.88. The van der Waals surface area contributed by atoms with Gasteiger partial charge >= 0.3 is 0 Å². The van der Waals surface area contributed by atoms with Crippen LogP contribution in [0.3, 0.4) is 0 Å². The number of hydrogen-bond acceptors (Lipinski definition) is 6. The predicted molar refractivity (Wildman–Crippen MR) is 78.0 cm³/mol. The fraction of sp³-hybridized carbons (Fsp3) is 0.357. The Hall–Kier alpha value is -2.81. The maximum absolute atomic E-state index is 12.3. The number of nitro groups is 1. The van der Waals surface area contributed by atoms with Crippen LogP contribution in [0.5, 0.6) is 0 Å². The SMILES string of the molecule is COCCNC(=O)CCN1C(=O)c2cccc([N+](=O)[O-])c2C1=O. The van der Waals surface area contributed by atoms with Gasteiger partial charge in [0.1, 0.15) is 5.56 Å². The van der Waals surface area contributed by atoms with E-state index in [1.54, 1.807) is 0 Å². The summed E-state index contributed by atoms with van der Waals surface area (Å²) in [5, 5.41) is 13.5. The molecule has 0 spiro atoms. The Labute approximate surface area is 131 Å². The van der Waals surface area contributed by atoms with E-state index in [0.717, 1.165) is 4.90 Å². The Balaban J connectivity index is 2.08. The molecule has 9 nitrogen and oxygen atoms in total. The van der Waals surface area contributed by atoms with E-state index >= 15 is 0 Å². The van der Waals surface area contributed by atoms with Gasteiger partial charge in [0.05, 0.1) is 17.1 Å². The Morgan fingerprint density at radius 2 is 2.09 bits per heavy atom. The van der Waals surface area contributed by atoms with Crippen LogP contribution in [-0.4, -0.2) is 54.4 Å². The number of amides is 3. The van der Waals surface area contributed by atoms with Gasteiger partial charge in [-0.2, -0.15) is 0 Å². The quantitative estimate of drug-likeness (QED) is 0.335. The highest BCUT2D eigenvalue weighted by molar-refractivity contribution is 6.23. The van der Waals surface area contributed by atoms with Crippen molar-refractivity contribution in [3.8, 4) is 0 Å². The summed E-state index contributed by atoms with van der Waals surface area (Å²) >= 11 is 0. The molecule has 0 fully saturated rings. The minimum Gasteiger partial charge on any atom is -0.383 e. The van der Waals surface area contributed by atoms with E-state index in [1.807, 2.05) is 0 Å². The molecule has 3 amide bonds. The largest absolute Gasteiger partial charge is 0.383 e. The molecular weight excluding hydrogens is 306 g/mol. The number of nitrogens with zero attached hydrogens (tertiary/aromatic N) is 2. The summed E-state index contributed by atoms with van der Waals surface area (Å²) in [5.74, 6) is -1.71. The molecule has 1 aliphatic rings. The molecule has 1 aromatic rings. The number of rotatable bonds is 7. The first-order valence-corrected chi connectivity index (χ1v) is 6.86. The van der Waals surface area contributed by atoms with Crippen molar-refractivity contribution < 1.29 is 24.0 Å². The zero-order valence-corrected chi connectivity index (χ0v) is 12.4. The molecule has 0 saturated carbocycles. The van der Waals surface area contributed by atoms with Crippen LogP contribution in [0, 0.1) is 10.1 Å². The van der Waals surface area contributed by atoms with Gasteiger partial charge in [-0.3, -0.25) is 29.4 Å². The highest BCUT2D eigenvalue weighted by Crippen LogP contribution is 2.30. The molecule has 0 aliphatic carbocycles. The topological polar surface area (TPSA) is 119 Å². The second kappa shape index (κ2) is 6.97. The van der Waals surface area contributed by atoms with Crippen LogP contribution in [0.4, 0.5) is 5.69 Å². The smallest absolute Gasteiger partial charge is 0.282 e. The Kier molecular flexibility index (Phi) is 5.02. The molecule has 0 unspecified atom stereocenters. The number of carbonyl (C=O) groups excluding carboxylic acids is 3. The lowest BCUT2D eigenvalue weighted by molar-refractivity contribution is -0.385. The van der Waals surface area contributed by atoms with Crippen molar-refractivity contribution in [2.24, 2.45) is 0 Å². The maximum Gasteiger partial charge on any atom is 0.282 e. The summed E-state index contributed by atoms with van der Waals surface area (Å²) in [6.07, 6.45) is -0.0804. The predicted octanol–water partition coefficient (Wildman–Crippen LogP) is 0.344. The fourth-order valence-corrected chi connectivity index (χ4v) is 2.27. The molecule has 1 aromatic carbocycles. The van der Waals surface area contributed by atoms with Crippen LogP contribution in [0.25, 0.3) is 0 Å². The minimum absolute atomic E-state index is 0.0102. The Morgan fingerprint density at radius 3 is 2.74 bits per heavy atom. The van der Waals surface area contributed by atoms with E-state index in [-0.39, 0.29) is 30.0 Å². The van der Waals surface area contributed by atoms with E-state index < -0.39 is 22.4 Å². The van der Waals surface area contributed by atoms with Crippen molar-refractivity contribution in [1.29, 1.82) is 0 Å². The van der Waals surface area contributed by atoms with Gasteiger partial charge in [0, 0.05) is 32.7 Å². The van der Waals surface area contributed by atoms with E-state index in [0.29, 0.717) is 13.2 Å². The maximum atomic E-state index is 12.3. The van der Waals surface area contributed by atoms with Crippen LogP contribution in [0.1, 0.15) is 27.1 Å². The van der Waals surface area contributed by atoms with Crippen molar-refractivity contribution in [2.75, 3.05) is 26.8 Å². The van der Waals surface area contributed by atoms with Crippen LogP contribution < -0.4 is 5.32 Å². The molecule has 1 aliphatic heterocycles. The Morgan fingerprint density at radius 1 is 1.35 bits per heavy atom. The lowest BCUT2D eigenvalue weighted by Crippen LogP contribution is -2.35. The molecule has 1 N–H and O–H groups in total. The van der Waals surface area contributed by atoms with Gasteiger partial charge in [-0.25, -0.2) is 0 Å². The number of carbonyl (C=O) groups is 3. The van der Waals surface area contributed by atoms with Gasteiger partial charge in [0.15, 0.2) is 0 Å². The van der Waals surface area contributed by atoms with E-state index in [9.17, 15) is 24.5 Å². The first kappa shape index (κ1) is 16.6. The second-order valence-corrected chi connectivity index (χ2v) is 4.81. The molecule has 2 rings (SSSR count). The standard InChI is InChI=1S/C14H15N3O6/c1-23-8-6-15-11(18)5-7-16-13(19)9-3-2-4-10(17(21)22)12(9)14(16)20/h2-4H,5-8H2,1H3,(H,15,18). The van der Waals surface area contributed by atoms with Crippen LogP contribution in [0.2, 0.25) is 0 Å². The summed E-state index contributed by atoms with van der Waals surface area (Å²) in [4.78, 5) is 47.2. The summed E-state index contributed by atoms with van der Waals surface area (Å²) in [6.45, 7) is 0.538. The molecule has 0 aromatic heterocycles. The zero-order valence-electron chi connectivity index (χ0n) is 12.4. The Bertz CT molecular complexity index is 672. The summed E-state index contributed by atoms with van der Waals surface area (Å²) < 4.78 is 4.78. The highest BCUT2D eigenvalue weighted by Gasteiger charge is 2.40. The number of benzene rings is 1. The van der Waals surface area contributed by atoms with Crippen molar-refractivity contribution in [1.82, 2.24) is 10.2 Å². The van der Waals surface area contributed by atoms with Crippen molar-refractivity contribution >= 4 is 23.4 Å². The number of fused-ring (bicyclic) bond motifs is 1. The lowest BCUT2D eigenvalue weighted by atomic mass is 10.1. The van der Waals surface area contributed by atoms with Crippen LogP contribution in [-0.2, 0) is 9.53 Å². The highest BCUT2D eigenvalue weighted by atomic mass is 16.6. The van der Waals surface area contributed by atoms with Gasteiger partial charge in [-0.15, -0.1) is 0 Å². The number of nitrogens with one attached hydrogen (secondary N) is 1. The third-order valence-electron chi connectivity index (χ3n) is 3.36. The molecule has 0 bridgehead atoms. The van der Waals surface area contributed by atoms with Gasteiger partial charge < -0.3 is 10.1 Å². The van der Waals surface area contributed by atoms with Crippen LogP contribution in [0.15, 0.2) is 18.2 Å². The molecular formula is C14H15N3O6. The van der Waals surface area contributed by atoms with Crippen LogP contribution >= 0.6 is 0 Å². The van der Waals surface area contributed by atoms with Crippen molar-refractivity contribution in [3.05, 3.63) is 39.4 Å². The molecule has 9 heteroatoms. The molecule has 0 saturated heterocycles. The third kappa shape index (κ3) is 3.34. The molecule has 0 atom stereocenters. The van der Waals surface area contributed by atoms with E-state index in [1.165, 1.54) is 25.3 Å². The fourth-order valence-electron chi connectivity index (χ4n) is 2.27. The summed E-state index contributed by atoms with van der Waals surface area (Å²) in [5.41, 5.74) is -0.640. The molecule has 0 radical (unpaired) electrons. The number of nitro benzene ring substituents is 1. The molecule has 1 heterocycles. The molecule has 122 valence electrons. The third-order valence-corrected chi connectivity index (χ3v) is 3.36. The first-order chi connectivity index (χ1) is 11.0. The summed E-state index contributed by atoms with van der Waals surface area (Å²) in [7, 11) is 1.50. The van der Waals surface area contributed by atoms with Gasteiger partial charge in [0.2, 0.25) is 5.91 Å². The number of ether oxygens (including phenoxy) is 1. The van der Waals surface area contributed by atoms with Gasteiger partial charge in [-0.05, 0) is 6.07 Å². The van der Waals surface area contributed by atoms with Gasteiger partial charge in [-0.1, -0.05) is 6.07 Å². The number of hydrogen-bond donors (Lipinski definition) is 1. The number of imide groups is 1. The first-order valence-electron chi connectivity index (χ1n) is 6.86. The van der Waals surface area contributed by atoms with Gasteiger partial charge in [0.25, 0.3) is 17.5 Å². The zero-order chi connectivity index (χ0) is 17.0. The minimum atomic E-state index is -0.748. The number of methoxy groups -OCH3 is 1. The normalized spacial score (nSPS) is 13.2. The van der Waals surface area contributed by atoms with E-state index in [4.69, 9.17) is 4.74 Å². The average Bonchev–Trinajstić information content (AvgIpc) is 2.77. The average molecular weight is 321 g/mol. The molecule has 23 heavy (non-hydrogen) atoms. The van der Waals surface area contributed by atoms with Crippen molar-refractivity contribution in [2.45, 2.75) is 6.42 Å². The second-order valence-electron chi connectivity index (χ2n) is 4.81. The van der Waals surface area contributed by atoms with E-state index in [2.05, 4.69) is 5.32 Å². The lowest BCUT2D eigenvalue weighted by Gasteiger charge is -2.13. The van der Waals surface area contributed by atoms with Crippen molar-refractivity contribution in [3.63, 3.8) is 0 Å².